The van der Waals surface area contributed by atoms with Crippen molar-refractivity contribution >= 4 is 8.32 Å². The standard InChI is InChI=1S/C20H30O6Si/c1-20(2,3)27(4,5)26-18-15-13(21)14-16(17(18)25-19(23-14)24-15)22-11-12-9-7-6-8-10-12/h6-10,13-19,21H,11H2,1-5H3/t13-,14-,15+,16+,17-,18+,19?/m0/s1. The van der Waals surface area contributed by atoms with Crippen LogP contribution in [0, 0.1) is 0 Å². The van der Waals surface area contributed by atoms with Crippen LogP contribution in [-0.4, -0.2) is 56.5 Å². The van der Waals surface area contributed by atoms with Crippen LogP contribution in [0.15, 0.2) is 30.3 Å². The van der Waals surface area contributed by atoms with Crippen molar-refractivity contribution in [2.24, 2.45) is 0 Å². The van der Waals surface area contributed by atoms with E-state index in [2.05, 4.69) is 33.9 Å². The summed E-state index contributed by atoms with van der Waals surface area (Å²) in [4.78, 5) is 0. The molecule has 1 saturated carbocycles. The van der Waals surface area contributed by atoms with Crippen molar-refractivity contribution in [3.8, 4) is 0 Å². The zero-order valence-electron chi connectivity index (χ0n) is 16.6. The fourth-order valence-electron chi connectivity index (χ4n) is 3.70. The van der Waals surface area contributed by atoms with Gasteiger partial charge in [-0.2, -0.15) is 0 Å². The molecular formula is C20H30O6Si. The first kappa shape index (κ1) is 19.5. The molecule has 1 unspecified atom stereocenters. The molecule has 7 atom stereocenters. The molecule has 3 aliphatic heterocycles. The highest BCUT2D eigenvalue weighted by Gasteiger charge is 2.63. The first-order valence-corrected chi connectivity index (χ1v) is 12.6. The molecule has 27 heavy (non-hydrogen) atoms. The van der Waals surface area contributed by atoms with Crippen molar-refractivity contribution < 1.29 is 28.5 Å². The second-order valence-corrected chi connectivity index (χ2v) is 13.9. The SMILES string of the molecule is CC(C)(C)[Si](C)(C)O[C@H]1[C@H]2OC3O[C@@H]1[C@@H](O)[C@H](O3)[C@H]2OCc1ccccc1. The minimum atomic E-state index is -2.08. The maximum atomic E-state index is 10.8. The summed E-state index contributed by atoms with van der Waals surface area (Å²) in [6.07, 6.45) is -2.77. The van der Waals surface area contributed by atoms with Crippen LogP contribution in [0.5, 0.6) is 0 Å². The Kier molecular flexibility index (Phi) is 5.00. The van der Waals surface area contributed by atoms with Crippen LogP contribution in [0.2, 0.25) is 18.1 Å². The van der Waals surface area contributed by atoms with Crippen molar-refractivity contribution in [3.63, 3.8) is 0 Å². The number of hydrogen-bond acceptors (Lipinski definition) is 6. The molecule has 4 aliphatic rings. The molecule has 1 N–H and O–H groups in total. The number of hydrogen-bond donors (Lipinski definition) is 1. The molecular weight excluding hydrogens is 364 g/mol. The first-order valence-electron chi connectivity index (χ1n) is 9.65. The van der Waals surface area contributed by atoms with Gasteiger partial charge in [-0.05, 0) is 23.7 Å². The molecule has 0 radical (unpaired) electrons. The molecule has 7 heteroatoms. The fourth-order valence-corrected chi connectivity index (χ4v) is 5.00. The van der Waals surface area contributed by atoms with Crippen LogP contribution in [-0.2, 0) is 30.0 Å². The number of rotatable bonds is 5. The van der Waals surface area contributed by atoms with Crippen LogP contribution in [0.1, 0.15) is 26.3 Å². The molecule has 1 aliphatic carbocycles. The van der Waals surface area contributed by atoms with Gasteiger partial charge in [0.15, 0.2) is 8.32 Å². The lowest BCUT2D eigenvalue weighted by molar-refractivity contribution is -0.482. The van der Waals surface area contributed by atoms with E-state index in [0.29, 0.717) is 6.61 Å². The summed E-state index contributed by atoms with van der Waals surface area (Å²) in [5.74, 6) is 0. The van der Waals surface area contributed by atoms with Crippen molar-refractivity contribution in [1.82, 2.24) is 0 Å². The van der Waals surface area contributed by atoms with Gasteiger partial charge in [-0.15, -0.1) is 0 Å². The topological polar surface area (TPSA) is 66.4 Å². The van der Waals surface area contributed by atoms with E-state index in [1.165, 1.54) is 0 Å². The lowest BCUT2D eigenvalue weighted by Crippen LogP contribution is -2.76. The summed E-state index contributed by atoms with van der Waals surface area (Å²) in [5.41, 5.74) is 1.07. The van der Waals surface area contributed by atoms with Gasteiger partial charge in [-0.1, -0.05) is 51.1 Å². The van der Waals surface area contributed by atoms with Gasteiger partial charge in [-0.3, -0.25) is 0 Å². The highest BCUT2D eigenvalue weighted by molar-refractivity contribution is 6.74. The zero-order valence-corrected chi connectivity index (χ0v) is 17.6. The van der Waals surface area contributed by atoms with Gasteiger partial charge >= 0.3 is 0 Å². The van der Waals surface area contributed by atoms with E-state index in [1.807, 2.05) is 30.3 Å². The second-order valence-electron chi connectivity index (χ2n) is 9.19. The predicted molar refractivity (Wildman–Crippen MR) is 102 cm³/mol. The number of ether oxygens (including phenoxy) is 4. The van der Waals surface area contributed by atoms with Crippen LogP contribution in [0.25, 0.3) is 0 Å². The average Bonchev–Trinajstić information content (AvgIpc) is 2.60. The number of aliphatic hydroxyl groups is 1. The van der Waals surface area contributed by atoms with Crippen molar-refractivity contribution in [2.45, 2.75) is 88.6 Å². The van der Waals surface area contributed by atoms with Crippen molar-refractivity contribution in [1.29, 1.82) is 0 Å². The van der Waals surface area contributed by atoms with E-state index < -0.39 is 39.2 Å². The summed E-state index contributed by atoms with van der Waals surface area (Å²) >= 11 is 0. The van der Waals surface area contributed by atoms with E-state index >= 15 is 0 Å². The minimum absolute atomic E-state index is 0.0451. The summed E-state index contributed by atoms with van der Waals surface area (Å²) in [7, 11) is -2.08. The second kappa shape index (κ2) is 6.91. The van der Waals surface area contributed by atoms with E-state index in [1.54, 1.807) is 0 Å². The molecule has 150 valence electrons. The van der Waals surface area contributed by atoms with Gasteiger partial charge in [0.25, 0.3) is 6.48 Å². The predicted octanol–water partition coefficient (Wildman–Crippen LogP) is 2.80. The Labute approximate surface area is 161 Å². The normalized spacial score (nSPS) is 38.4. The third-order valence-electron chi connectivity index (χ3n) is 6.30. The van der Waals surface area contributed by atoms with Crippen LogP contribution in [0.4, 0.5) is 0 Å². The monoisotopic (exact) mass is 394 g/mol. The van der Waals surface area contributed by atoms with E-state index in [4.69, 9.17) is 23.4 Å². The Morgan fingerprint density at radius 3 is 2.19 bits per heavy atom. The van der Waals surface area contributed by atoms with Crippen LogP contribution < -0.4 is 0 Å². The van der Waals surface area contributed by atoms with Gasteiger partial charge in [-0.25, -0.2) is 0 Å². The lowest BCUT2D eigenvalue weighted by Gasteiger charge is -2.59. The first-order chi connectivity index (χ1) is 12.7. The van der Waals surface area contributed by atoms with Gasteiger partial charge in [0.1, 0.15) is 36.6 Å². The Morgan fingerprint density at radius 1 is 0.963 bits per heavy atom. The summed E-state index contributed by atoms with van der Waals surface area (Å²) < 4.78 is 30.2. The third kappa shape index (κ3) is 3.50. The highest BCUT2D eigenvalue weighted by Crippen LogP contribution is 2.46. The maximum Gasteiger partial charge on any atom is 0.272 e. The molecule has 1 aromatic rings. The molecule has 0 amide bonds. The molecule has 6 nitrogen and oxygen atoms in total. The van der Waals surface area contributed by atoms with E-state index in [0.717, 1.165) is 5.56 Å². The molecule has 0 spiro atoms. The minimum Gasteiger partial charge on any atom is -0.408 e. The highest BCUT2D eigenvalue weighted by atomic mass is 28.4. The summed E-state index contributed by atoms with van der Waals surface area (Å²) in [5, 5.41) is 10.9. The Balaban J connectivity index is 1.54. The Morgan fingerprint density at radius 2 is 1.56 bits per heavy atom. The van der Waals surface area contributed by atoms with Crippen LogP contribution >= 0.6 is 0 Å². The molecule has 3 heterocycles. The number of aliphatic hydroxyl groups excluding tert-OH is 1. The molecule has 0 aromatic heterocycles. The summed E-state index contributed by atoms with van der Waals surface area (Å²) in [6, 6.07) is 9.97. The van der Waals surface area contributed by atoms with Crippen molar-refractivity contribution in [2.75, 3.05) is 0 Å². The third-order valence-corrected chi connectivity index (χ3v) is 10.8. The van der Waals surface area contributed by atoms with Gasteiger partial charge in [0, 0.05) is 0 Å². The molecule has 4 bridgehead atoms. The molecule has 5 rings (SSSR count). The van der Waals surface area contributed by atoms with Crippen LogP contribution in [0.3, 0.4) is 0 Å². The fraction of sp³-hybridized carbons (Fsp3) is 0.700. The van der Waals surface area contributed by atoms with Gasteiger partial charge in [0.2, 0.25) is 0 Å². The van der Waals surface area contributed by atoms with Gasteiger partial charge < -0.3 is 28.5 Å². The van der Waals surface area contributed by atoms with E-state index in [9.17, 15) is 5.11 Å². The molecule has 3 saturated heterocycles. The zero-order chi connectivity index (χ0) is 19.4. The molecule has 1 aromatic carbocycles. The summed E-state index contributed by atoms with van der Waals surface area (Å²) in [6.45, 7) is 10.7. The van der Waals surface area contributed by atoms with Crippen molar-refractivity contribution in [3.05, 3.63) is 35.9 Å². The Bertz CT molecular complexity index is 660. The molecule has 4 fully saturated rings. The quantitative estimate of drug-likeness (QED) is 0.775. The number of benzene rings is 1. The largest absolute Gasteiger partial charge is 0.408 e. The lowest BCUT2D eigenvalue weighted by atomic mass is 9.82. The Hall–Kier alpha value is -0.803. The van der Waals surface area contributed by atoms with E-state index in [-0.39, 0.29) is 17.2 Å². The maximum absolute atomic E-state index is 10.8. The average molecular weight is 395 g/mol. The van der Waals surface area contributed by atoms with Gasteiger partial charge in [0.05, 0.1) is 6.61 Å². The smallest absolute Gasteiger partial charge is 0.272 e.